The van der Waals surface area contributed by atoms with Crippen molar-refractivity contribution in [3.05, 3.63) is 29.7 Å². The summed E-state index contributed by atoms with van der Waals surface area (Å²) in [6, 6.07) is 4.64. The smallest absolute Gasteiger partial charge is 0.277 e. The van der Waals surface area contributed by atoms with Crippen LogP contribution in [0, 0.1) is 0 Å². The second-order valence-corrected chi connectivity index (χ2v) is 7.74. The molecule has 1 aromatic heterocycles. The minimum atomic E-state index is -3.81. The van der Waals surface area contributed by atoms with Gasteiger partial charge in [-0.05, 0) is 54.6 Å². The molecule has 0 saturated heterocycles. The second kappa shape index (κ2) is 5.59. The van der Waals surface area contributed by atoms with Crippen molar-refractivity contribution in [3.8, 4) is 0 Å². The average molecular weight is 348 g/mol. The Morgan fingerprint density at radius 2 is 2.08 bits per heavy atom. The molecule has 8 nitrogen and oxygen atoms in total. The van der Waals surface area contributed by atoms with Crippen LogP contribution in [0.1, 0.15) is 43.1 Å². The first-order valence-electron chi connectivity index (χ1n) is 7.80. The number of aryl methyl sites for hydroxylation is 1. The third-order valence-electron chi connectivity index (χ3n) is 4.11. The lowest BCUT2D eigenvalue weighted by atomic mass is 10.1. The zero-order chi connectivity index (χ0) is 16.7. The fourth-order valence-electron chi connectivity index (χ4n) is 2.67. The van der Waals surface area contributed by atoms with Gasteiger partial charge in [-0.25, -0.2) is 13.1 Å². The summed E-state index contributed by atoms with van der Waals surface area (Å²) in [5.41, 5.74) is 1.46. The van der Waals surface area contributed by atoms with Gasteiger partial charge in [-0.3, -0.25) is 4.79 Å². The highest BCUT2D eigenvalue weighted by Crippen LogP contribution is 2.39. The van der Waals surface area contributed by atoms with E-state index in [2.05, 4.69) is 20.2 Å². The summed E-state index contributed by atoms with van der Waals surface area (Å²) in [7, 11) is -3.81. The first kappa shape index (κ1) is 15.1. The van der Waals surface area contributed by atoms with Crippen molar-refractivity contribution >= 4 is 27.6 Å². The lowest BCUT2D eigenvalue weighted by Crippen LogP contribution is -2.15. The van der Waals surface area contributed by atoms with Crippen LogP contribution in [0.4, 0.5) is 11.6 Å². The van der Waals surface area contributed by atoms with Gasteiger partial charge in [0.1, 0.15) is 0 Å². The van der Waals surface area contributed by atoms with E-state index < -0.39 is 10.0 Å². The first-order valence-corrected chi connectivity index (χ1v) is 9.29. The number of carbonyl (C=O) groups excluding carboxylic acids is 1. The van der Waals surface area contributed by atoms with Gasteiger partial charge in [0.25, 0.3) is 16.0 Å². The third-order valence-corrected chi connectivity index (χ3v) is 5.43. The normalized spacial score (nSPS) is 17.8. The molecule has 1 amide bonds. The van der Waals surface area contributed by atoms with E-state index in [-0.39, 0.29) is 22.7 Å². The molecule has 24 heavy (non-hydrogen) atoms. The number of fused-ring (bicyclic) bond motifs is 1. The fourth-order valence-corrected chi connectivity index (χ4v) is 3.66. The van der Waals surface area contributed by atoms with Crippen LogP contribution in [0.2, 0.25) is 0 Å². The lowest BCUT2D eigenvalue weighted by molar-refractivity contribution is -0.116. The van der Waals surface area contributed by atoms with E-state index in [1.807, 2.05) is 0 Å². The van der Waals surface area contributed by atoms with Gasteiger partial charge >= 0.3 is 0 Å². The number of sulfonamides is 1. The quantitative estimate of drug-likeness (QED) is 0.874. The Hall–Kier alpha value is -2.42. The minimum absolute atomic E-state index is 0.0538. The highest BCUT2D eigenvalue weighted by Gasteiger charge is 2.30. The molecule has 2 aromatic rings. The molecule has 1 aromatic carbocycles. The van der Waals surface area contributed by atoms with Crippen LogP contribution in [-0.4, -0.2) is 24.5 Å². The van der Waals surface area contributed by atoms with E-state index in [4.69, 9.17) is 4.52 Å². The molecule has 1 saturated carbocycles. The maximum absolute atomic E-state index is 12.5. The summed E-state index contributed by atoms with van der Waals surface area (Å²) < 4.78 is 32.4. The topological polar surface area (TPSA) is 114 Å². The third kappa shape index (κ3) is 2.99. The van der Waals surface area contributed by atoms with Crippen molar-refractivity contribution in [2.75, 3.05) is 10.0 Å². The van der Waals surface area contributed by atoms with E-state index in [1.54, 1.807) is 12.1 Å². The van der Waals surface area contributed by atoms with Gasteiger partial charge in [-0.2, -0.15) is 4.98 Å². The number of aromatic nitrogens is 2. The SMILES string of the molecule is O=C1CCCc2cc(S(=O)(=O)Nc3noc(C4CC4)n3)ccc2N1. The van der Waals surface area contributed by atoms with Crippen LogP contribution in [0.3, 0.4) is 0 Å². The summed E-state index contributed by atoms with van der Waals surface area (Å²) >= 11 is 0. The zero-order valence-electron chi connectivity index (χ0n) is 12.8. The lowest BCUT2D eigenvalue weighted by Gasteiger charge is -2.10. The molecule has 9 heteroatoms. The number of hydrogen-bond acceptors (Lipinski definition) is 6. The van der Waals surface area contributed by atoms with Crippen LogP contribution >= 0.6 is 0 Å². The van der Waals surface area contributed by atoms with Crippen LogP contribution in [0.5, 0.6) is 0 Å². The van der Waals surface area contributed by atoms with E-state index in [0.717, 1.165) is 18.4 Å². The van der Waals surface area contributed by atoms with Crippen molar-refractivity contribution in [2.45, 2.75) is 42.9 Å². The monoisotopic (exact) mass is 348 g/mol. The van der Waals surface area contributed by atoms with Crippen molar-refractivity contribution in [2.24, 2.45) is 0 Å². The maximum atomic E-state index is 12.5. The summed E-state index contributed by atoms with van der Waals surface area (Å²) in [5, 5.41) is 6.45. The van der Waals surface area contributed by atoms with Gasteiger partial charge in [-0.1, -0.05) is 0 Å². The van der Waals surface area contributed by atoms with Crippen molar-refractivity contribution in [3.63, 3.8) is 0 Å². The molecule has 0 atom stereocenters. The molecule has 2 aliphatic rings. The number of amides is 1. The van der Waals surface area contributed by atoms with Gasteiger partial charge in [-0.15, -0.1) is 0 Å². The number of nitrogens with one attached hydrogen (secondary N) is 2. The fraction of sp³-hybridized carbons (Fsp3) is 0.400. The molecule has 1 fully saturated rings. The standard InChI is InChI=1S/C15H16N4O4S/c20-13-3-1-2-10-8-11(6-7-12(10)16-13)24(21,22)19-15-17-14(23-18-15)9-4-5-9/h6-9H,1-5H2,(H,16,20)(H,18,19). The summed E-state index contributed by atoms with van der Waals surface area (Å²) in [4.78, 5) is 15.7. The number of nitrogens with zero attached hydrogens (tertiary/aromatic N) is 2. The molecule has 4 rings (SSSR count). The maximum Gasteiger partial charge on any atom is 0.277 e. The van der Waals surface area contributed by atoms with E-state index >= 15 is 0 Å². The van der Waals surface area contributed by atoms with Crippen molar-refractivity contribution < 1.29 is 17.7 Å². The second-order valence-electron chi connectivity index (χ2n) is 6.06. The van der Waals surface area contributed by atoms with Gasteiger partial charge in [0.2, 0.25) is 11.8 Å². The van der Waals surface area contributed by atoms with Gasteiger partial charge < -0.3 is 9.84 Å². The number of anilines is 2. The molecule has 0 radical (unpaired) electrons. The van der Waals surface area contributed by atoms with E-state index in [1.165, 1.54) is 6.07 Å². The Balaban J connectivity index is 1.59. The van der Waals surface area contributed by atoms with Gasteiger partial charge in [0.15, 0.2) is 0 Å². The molecule has 1 aliphatic carbocycles. The summed E-state index contributed by atoms with van der Waals surface area (Å²) in [5.74, 6) is 0.617. The highest BCUT2D eigenvalue weighted by atomic mass is 32.2. The Bertz CT molecular complexity index is 902. The number of rotatable bonds is 4. The predicted molar refractivity (Wildman–Crippen MR) is 85.1 cm³/mol. The Morgan fingerprint density at radius 1 is 1.25 bits per heavy atom. The average Bonchev–Trinajstić information content (AvgIpc) is 3.31. The number of hydrogen-bond donors (Lipinski definition) is 2. The Morgan fingerprint density at radius 3 is 2.88 bits per heavy atom. The summed E-state index contributed by atoms with van der Waals surface area (Å²) in [6.45, 7) is 0. The van der Waals surface area contributed by atoms with E-state index in [9.17, 15) is 13.2 Å². The Labute approximate surface area is 138 Å². The number of benzene rings is 1. The molecule has 0 spiro atoms. The van der Waals surface area contributed by atoms with Gasteiger partial charge in [0, 0.05) is 18.0 Å². The largest absolute Gasteiger partial charge is 0.337 e. The molecule has 0 bridgehead atoms. The molecule has 2 N–H and O–H groups in total. The summed E-state index contributed by atoms with van der Waals surface area (Å²) in [6.07, 6.45) is 3.74. The first-order chi connectivity index (χ1) is 11.5. The van der Waals surface area contributed by atoms with Crippen LogP contribution in [0.15, 0.2) is 27.6 Å². The molecule has 2 heterocycles. The van der Waals surface area contributed by atoms with Crippen LogP contribution in [-0.2, 0) is 21.2 Å². The van der Waals surface area contributed by atoms with Crippen LogP contribution < -0.4 is 10.0 Å². The molecule has 1 aliphatic heterocycles. The van der Waals surface area contributed by atoms with Crippen molar-refractivity contribution in [1.29, 1.82) is 0 Å². The van der Waals surface area contributed by atoms with E-state index in [0.29, 0.717) is 30.8 Å². The zero-order valence-corrected chi connectivity index (χ0v) is 13.6. The Kier molecular flexibility index (Phi) is 3.52. The predicted octanol–water partition coefficient (Wildman–Crippen LogP) is 2.02. The van der Waals surface area contributed by atoms with Crippen molar-refractivity contribution in [1.82, 2.24) is 10.1 Å². The van der Waals surface area contributed by atoms with Crippen LogP contribution in [0.25, 0.3) is 0 Å². The van der Waals surface area contributed by atoms with Gasteiger partial charge in [0.05, 0.1) is 4.90 Å². The number of carbonyl (C=O) groups is 1. The molecular formula is C15H16N4O4S. The molecule has 126 valence electrons. The molecule has 0 unspecified atom stereocenters. The minimum Gasteiger partial charge on any atom is -0.337 e. The molecular weight excluding hydrogens is 332 g/mol. The highest BCUT2D eigenvalue weighted by molar-refractivity contribution is 7.92.